The Bertz CT molecular complexity index is 1120. The van der Waals surface area contributed by atoms with Gasteiger partial charge in [-0.05, 0) is 42.7 Å². The molecule has 148 valence electrons. The van der Waals surface area contributed by atoms with Crippen LogP contribution < -0.4 is 4.72 Å². The summed E-state index contributed by atoms with van der Waals surface area (Å²) in [6, 6.07) is 20.2. The maximum atomic E-state index is 15.1. The number of benzene rings is 3. The van der Waals surface area contributed by atoms with Gasteiger partial charge in [0.25, 0.3) is 0 Å². The fraction of sp³-hybridized carbons (Fsp3) is 0.130. The molecule has 0 aromatic heterocycles. The zero-order valence-electron chi connectivity index (χ0n) is 15.6. The maximum Gasteiger partial charge on any atom is 0.328 e. The van der Waals surface area contributed by atoms with Gasteiger partial charge in [-0.2, -0.15) is 13.5 Å². The molecule has 0 aliphatic rings. The molecule has 0 saturated carbocycles. The molecule has 3 rings (SSSR count). The normalized spacial score (nSPS) is 12.7. The van der Waals surface area contributed by atoms with Gasteiger partial charge in [0, 0.05) is 5.56 Å². The van der Waals surface area contributed by atoms with Crippen molar-refractivity contribution in [2.24, 2.45) is 0 Å². The number of sulfonamides is 1. The van der Waals surface area contributed by atoms with Gasteiger partial charge in [0.05, 0.1) is 4.90 Å². The summed E-state index contributed by atoms with van der Waals surface area (Å²) in [7, 11) is -4.19. The summed E-state index contributed by atoms with van der Waals surface area (Å²) in [5.41, 5.74) is 1.40. The van der Waals surface area contributed by atoms with E-state index in [0.717, 1.165) is 5.56 Å². The summed E-state index contributed by atoms with van der Waals surface area (Å²) in [5.74, 6) is 0.736. The van der Waals surface area contributed by atoms with E-state index in [9.17, 15) is 8.42 Å². The van der Waals surface area contributed by atoms with E-state index in [-0.39, 0.29) is 10.5 Å². The summed E-state index contributed by atoms with van der Waals surface area (Å²) in [5, 5.41) is 0. The number of rotatable bonds is 5. The van der Waals surface area contributed by atoms with Crippen LogP contribution in [-0.2, 0) is 10.0 Å². The van der Waals surface area contributed by atoms with Crippen molar-refractivity contribution < 1.29 is 17.2 Å². The Hall–Kier alpha value is -3.01. The molecule has 0 amide bonds. The van der Waals surface area contributed by atoms with Crippen LogP contribution in [-0.4, -0.2) is 14.3 Å². The third kappa shape index (κ3) is 5.29. The first kappa shape index (κ1) is 20.7. The SMILES string of the molecule is Cc1ccc(S(=O)(=O)NC(c2ccccc2)C(F)(F)C#Cc2ccccc2)cc1. The minimum Gasteiger partial charge on any atom is -0.207 e. The molecule has 6 heteroatoms. The fourth-order valence-electron chi connectivity index (χ4n) is 2.69. The van der Waals surface area contributed by atoms with Crippen molar-refractivity contribution in [2.45, 2.75) is 23.8 Å². The molecule has 0 aliphatic carbocycles. The monoisotopic (exact) mass is 411 g/mol. The number of hydrogen-bond acceptors (Lipinski definition) is 2. The smallest absolute Gasteiger partial charge is 0.207 e. The van der Waals surface area contributed by atoms with Crippen LogP contribution in [0.1, 0.15) is 22.7 Å². The van der Waals surface area contributed by atoms with E-state index in [1.54, 1.807) is 60.7 Å². The molecular weight excluding hydrogens is 392 g/mol. The van der Waals surface area contributed by atoms with Gasteiger partial charge in [-0.25, -0.2) is 8.42 Å². The topological polar surface area (TPSA) is 46.2 Å². The molecular formula is C23H19F2NO2S. The van der Waals surface area contributed by atoms with Gasteiger partial charge < -0.3 is 0 Å². The van der Waals surface area contributed by atoms with Crippen molar-refractivity contribution in [1.29, 1.82) is 0 Å². The lowest BCUT2D eigenvalue weighted by Crippen LogP contribution is -2.39. The average Bonchev–Trinajstić information content (AvgIpc) is 2.72. The Labute approximate surface area is 169 Å². The van der Waals surface area contributed by atoms with Crippen molar-refractivity contribution in [3.05, 3.63) is 102 Å². The molecule has 1 unspecified atom stereocenters. The minimum absolute atomic E-state index is 0.0872. The van der Waals surface area contributed by atoms with Crippen LogP contribution in [0.15, 0.2) is 89.8 Å². The molecule has 0 radical (unpaired) electrons. The highest BCUT2D eigenvalue weighted by Gasteiger charge is 2.41. The predicted molar refractivity (Wildman–Crippen MR) is 109 cm³/mol. The molecule has 0 aliphatic heterocycles. The van der Waals surface area contributed by atoms with Gasteiger partial charge in [0.2, 0.25) is 10.0 Å². The molecule has 0 saturated heterocycles. The number of alkyl halides is 2. The first-order chi connectivity index (χ1) is 13.8. The Kier molecular flexibility index (Phi) is 6.12. The second-order valence-electron chi connectivity index (χ2n) is 6.52. The van der Waals surface area contributed by atoms with Crippen LogP contribution in [0.3, 0.4) is 0 Å². The highest BCUT2D eigenvalue weighted by Crippen LogP contribution is 2.32. The van der Waals surface area contributed by atoms with Crippen molar-refractivity contribution in [2.75, 3.05) is 0 Å². The molecule has 3 aromatic carbocycles. The van der Waals surface area contributed by atoms with Gasteiger partial charge in [-0.3, -0.25) is 0 Å². The van der Waals surface area contributed by atoms with Crippen LogP contribution in [0.5, 0.6) is 0 Å². The Morgan fingerprint density at radius 1 is 0.862 bits per heavy atom. The summed E-state index contributed by atoms with van der Waals surface area (Å²) >= 11 is 0. The van der Waals surface area contributed by atoms with E-state index in [4.69, 9.17) is 0 Å². The average molecular weight is 411 g/mol. The zero-order valence-corrected chi connectivity index (χ0v) is 16.5. The third-order valence-corrected chi connectivity index (χ3v) is 5.69. The number of halogens is 2. The van der Waals surface area contributed by atoms with E-state index in [0.29, 0.717) is 5.56 Å². The van der Waals surface area contributed by atoms with Crippen LogP contribution in [0.2, 0.25) is 0 Å². The molecule has 1 atom stereocenters. The second-order valence-corrected chi connectivity index (χ2v) is 8.23. The first-order valence-electron chi connectivity index (χ1n) is 8.88. The van der Waals surface area contributed by atoms with Crippen LogP contribution in [0.4, 0.5) is 8.78 Å². The van der Waals surface area contributed by atoms with E-state index < -0.39 is 22.0 Å². The van der Waals surface area contributed by atoms with Gasteiger partial charge in [0.1, 0.15) is 6.04 Å². The van der Waals surface area contributed by atoms with E-state index in [1.807, 2.05) is 12.8 Å². The second kappa shape index (κ2) is 8.56. The van der Waals surface area contributed by atoms with Crippen LogP contribution in [0, 0.1) is 18.8 Å². The number of aryl methyl sites for hydroxylation is 1. The number of nitrogens with one attached hydrogen (secondary N) is 1. The van der Waals surface area contributed by atoms with Crippen molar-refractivity contribution in [3.63, 3.8) is 0 Å². The van der Waals surface area contributed by atoms with Crippen molar-refractivity contribution in [3.8, 4) is 11.8 Å². The van der Waals surface area contributed by atoms with Crippen molar-refractivity contribution >= 4 is 10.0 Å². The fourth-order valence-corrected chi connectivity index (χ4v) is 3.91. The number of hydrogen-bond donors (Lipinski definition) is 1. The van der Waals surface area contributed by atoms with Crippen LogP contribution in [0.25, 0.3) is 0 Å². The predicted octanol–water partition coefficient (Wildman–Crippen LogP) is 4.70. The Morgan fingerprint density at radius 2 is 1.41 bits per heavy atom. The maximum absolute atomic E-state index is 15.1. The first-order valence-corrected chi connectivity index (χ1v) is 10.4. The highest BCUT2D eigenvalue weighted by molar-refractivity contribution is 7.89. The summed E-state index contributed by atoms with van der Waals surface area (Å²) < 4.78 is 57.8. The minimum atomic E-state index is -4.19. The lowest BCUT2D eigenvalue weighted by Gasteiger charge is -2.24. The molecule has 3 aromatic rings. The lowest BCUT2D eigenvalue weighted by molar-refractivity contribution is 0.0303. The highest BCUT2D eigenvalue weighted by atomic mass is 32.2. The Balaban J connectivity index is 1.99. The lowest BCUT2D eigenvalue weighted by atomic mass is 10.0. The molecule has 1 N–H and O–H groups in total. The van der Waals surface area contributed by atoms with Gasteiger partial charge >= 0.3 is 5.92 Å². The van der Waals surface area contributed by atoms with E-state index in [1.165, 1.54) is 24.3 Å². The third-order valence-electron chi connectivity index (χ3n) is 4.25. The van der Waals surface area contributed by atoms with Crippen molar-refractivity contribution in [1.82, 2.24) is 4.72 Å². The molecule has 0 bridgehead atoms. The summed E-state index contributed by atoms with van der Waals surface area (Å²) in [4.78, 5) is -0.0872. The zero-order chi connectivity index (χ0) is 20.9. The van der Waals surface area contributed by atoms with E-state index >= 15 is 8.78 Å². The standard InChI is InChI=1S/C23H19F2NO2S/c1-18-12-14-21(15-13-18)29(27,28)26-22(20-10-6-3-7-11-20)23(24,25)17-16-19-8-4-2-5-9-19/h2-15,22,26H,1H3. The van der Waals surface area contributed by atoms with E-state index in [2.05, 4.69) is 10.6 Å². The summed E-state index contributed by atoms with van der Waals surface area (Å²) in [6.45, 7) is 1.81. The molecule has 3 nitrogen and oxygen atoms in total. The van der Waals surface area contributed by atoms with Gasteiger partial charge in [0.15, 0.2) is 0 Å². The van der Waals surface area contributed by atoms with Gasteiger partial charge in [-0.15, -0.1) is 0 Å². The molecule has 0 spiro atoms. The Morgan fingerprint density at radius 3 is 2.00 bits per heavy atom. The largest absolute Gasteiger partial charge is 0.328 e. The summed E-state index contributed by atoms with van der Waals surface area (Å²) in [6.07, 6.45) is 0. The molecule has 0 fully saturated rings. The molecule has 0 heterocycles. The quantitative estimate of drug-likeness (QED) is 0.619. The van der Waals surface area contributed by atoms with Crippen LogP contribution >= 0.6 is 0 Å². The molecule has 29 heavy (non-hydrogen) atoms. The van der Waals surface area contributed by atoms with Gasteiger partial charge in [-0.1, -0.05) is 72.1 Å².